The summed E-state index contributed by atoms with van der Waals surface area (Å²) in [6.45, 7) is 5.25. The van der Waals surface area contributed by atoms with Gasteiger partial charge in [0, 0.05) is 0 Å². The van der Waals surface area contributed by atoms with Gasteiger partial charge < -0.3 is 15.2 Å². The topological polar surface area (TPSA) is 73.6 Å². The number of ether oxygens (including phenoxy) is 2. The summed E-state index contributed by atoms with van der Waals surface area (Å²) in [6.07, 6.45) is 1.16. The van der Waals surface area contributed by atoms with Gasteiger partial charge in [0.25, 0.3) is 0 Å². The largest absolute Gasteiger partial charge is 0.368 e. The molecule has 140 valence electrons. The van der Waals surface area contributed by atoms with Crippen molar-refractivity contribution >= 4 is 16.7 Å². The minimum atomic E-state index is -0.365. The molecule has 1 saturated heterocycles. The van der Waals surface area contributed by atoms with Gasteiger partial charge in [0.2, 0.25) is 5.91 Å². The average Bonchev–Trinajstić information content (AvgIpc) is 3.06. The molecule has 0 aromatic heterocycles. The van der Waals surface area contributed by atoms with Crippen LogP contribution in [-0.4, -0.2) is 30.9 Å². The Balaban J connectivity index is 1.60. The molecule has 5 heteroatoms. The van der Waals surface area contributed by atoms with Gasteiger partial charge in [-0.3, -0.25) is 10.1 Å². The number of rotatable bonds is 8. The molecule has 0 saturated carbocycles. The second-order valence-electron chi connectivity index (χ2n) is 7.38. The summed E-state index contributed by atoms with van der Waals surface area (Å²) in [5, 5.41) is 5.75. The van der Waals surface area contributed by atoms with Crippen LogP contribution in [0.25, 0.3) is 10.8 Å². The lowest BCUT2D eigenvalue weighted by Crippen LogP contribution is -2.50. The second-order valence-corrected chi connectivity index (χ2v) is 7.38. The third kappa shape index (κ3) is 4.81. The molecule has 3 rings (SSSR count). The molecular formula is C21H28N2O3. The normalized spacial score (nSPS) is 21.3. The van der Waals surface area contributed by atoms with Crippen molar-refractivity contribution in [3.63, 3.8) is 0 Å². The molecular weight excluding hydrogens is 328 g/mol. The van der Waals surface area contributed by atoms with Crippen LogP contribution < -0.4 is 11.1 Å². The Kier molecular flexibility index (Phi) is 6.25. The van der Waals surface area contributed by atoms with Gasteiger partial charge in [0.1, 0.15) is 0 Å². The van der Waals surface area contributed by atoms with E-state index in [2.05, 4.69) is 49.5 Å². The summed E-state index contributed by atoms with van der Waals surface area (Å²) in [4.78, 5) is 11.7. The molecule has 2 aromatic carbocycles. The van der Waals surface area contributed by atoms with E-state index < -0.39 is 0 Å². The Bertz CT molecular complexity index is 747. The first-order valence-electron chi connectivity index (χ1n) is 9.29. The Morgan fingerprint density at radius 2 is 2.04 bits per heavy atom. The Labute approximate surface area is 154 Å². The van der Waals surface area contributed by atoms with Gasteiger partial charge in [0.05, 0.1) is 25.3 Å². The Hall–Kier alpha value is -1.95. The van der Waals surface area contributed by atoms with E-state index in [0.717, 1.165) is 12.0 Å². The van der Waals surface area contributed by atoms with Crippen LogP contribution in [0.3, 0.4) is 0 Å². The van der Waals surface area contributed by atoms with Crippen LogP contribution in [-0.2, 0) is 20.9 Å². The third-order valence-electron chi connectivity index (χ3n) is 4.73. The number of carbonyl (C=O) groups excluding carboxylic acids is 1. The fourth-order valence-electron chi connectivity index (χ4n) is 3.39. The van der Waals surface area contributed by atoms with Gasteiger partial charge in [-0.15, -0.1) is 0 Å². The maximum Gasteiger partial charge on any atom is 0.234 e. The highest BCUT2D eigenvalue weighted by Crippen LogP contribution is 2.21. The third-order valence-corrected chi connectivity index (χ3v) is 4.73. The first-order chi connectivity index (χ1) is 12.5. The van der Waals surface area contributed by atoms with Crippen molar-refractivity contribution in [2.24, 2.45) is 11.7 Å². The van der Waals surface area contributed by atoms with Crippen molar-refractivity contribution in [2.45, 2.75) is 51.7 Å². The van der Waals surface area contributed by atoms with Gasteiger partial charge >= 0.3 is 0 Å². The molecule has 26 heavy (non-hydrogen) atoms. The zero-order chi connectivity index (χ0) is 18.5. The molecule has 1 heterocycles. The highest BCUT2D eigenvalue weighted by Gasteiger charge is 2.32. The molecule has 2 unspecified atom stereocenters. The van der Waals surface area contributed by atoms with E-state index in [1.807, 2.05) is 12.1 Å². The van der Waals surface area contributed by atoms with Crippen LogP contribution in [0, 0.1) is 5.92 Å². The summed E-state index contributed by atoms with van der Waals surface area (Å²) in [5.74, 6) is 0.0677. The molecule has 1 amide bonds. The number of hydrogen-bond donors (Lipinski definition) is 2. The maximum atomic E-state index is 11.7. The zero-order valence-corrected chi connectivity index (χ0v) is 15.5. The number of nitrogens with two attached hydrogens (primary N) is 1. The lowest BCUT2D eigenvalue weighted by atomic mass is 10.0. The average molecular weight is 356 g/mol. The van der Waals surface area contributed by atoms with E-state index in [1.165, 1.54) is 10.8 Å². The maximum absolute atomic E-state index is 11.7. The number of hydrogen-bond acceptors (Lipinski definition) is 4. The van der Waals surface area contributed by atoms with Crippen molar-refractivity contribution in [3.05, 3.63) is 48.0 Å². The molecule has 3 atom stereocenters. The molecule has 1 aliphatic rings. The molecule has 1 aliphatic heterocycles. The van der Waals surface area contributed by atoms with E-state index in [-0.39, 0.29) is 24.3 Å². The highest BCUT2D eigenvalue weighted by molar-refractivity contribution is 5.83. The summed E-state index contributed by atoms with van der Waals surface area (Å²) < 4.78 is 11.7. The number of primary amides is 1. The number of amides is 1. The lowest BCUT2D eigenvalue weighted by molar-refractivity contribution is -0.133. The SMILES string of the molecule is CC(C)CC(N[C@H]1CCOC1OCc1ccc2ccccc2c1)C(N)=O. The van der Waals surface area contributed by atoms with Crippen LogP contribution in [0.2, 0.25) is 0 Å². The predicted molar refractivity (Wildman–Crippen MR) is 102 cm³/mol. The van der Waals surface area contributed by atoms with Gasteiger partial charge in [0.15, 0.2) is 6.29 Å². The van der Waals surface area contributed by atoms with Crippen molar-refractivity contribution in [1.82, 2.24) is 5.32 Å². The fraction of sp³-hybridized carbons (Fsp3) is 0.476. The van der Waals surface area contributed by atoms with Crippen LogP contribution in [0.15, 0.2) is 42.5 Å². The summed E-state index contributed by atoms with van der Waals surface area (Å²) in [5.41, 5.74) is 6.65. The number of fused-ring (bicyclic) bond motifs is 1. The van der Waals surface area contributed by atoms with E-state index in [9.17, 15) is 4.79 Å². The summed E-state index contributed by atoms with van der Waals surface area (Å²) in [6, 6.07) is 14.2. The van der Waals surface area contributed by atoms with Crippen LogP contribution in [0.1, 0.15) is 32.3 Å². The Morgan fingerprint density at radius 3 is 2.77 bits per heavy atom. The fourth-order valence-corrected chi connectivity index (χ4v) is 3.39. The minimum Gasteiger partial charge on any atom is -0.368 e. The lowest BCUT2D eigenvalue weighted by Gasteiger charge is -2.25. The molecule has 2 aromatic rings. The minimum absolute atomic E-state index is 0.0216. The van der Waals surface area contributed by atoms with Crippen LogP contribution >= 0.6 is 0 Å². The van der Waals surface area contributed by atoms with E-state index in [0.29, 0.717) is 25.6 Å². The van der Waals surface area contributed by atoms with E-state index >= 15 is 0 Å². The van der Waals surface area contributed by atoms with E-state index in [4.69, 9.17) is 15.2 Å². The quantitative estimate of drug-likeness (QED) is 0.763. The molecule has 3 N–H and O–H groups in total. The first kappa shape index (κ1) is 18.8. The molecule has 0 spiro atoms. The molecule has 1 fully saturated rings. The molecule has 0 bridgehead atoms. The van der Waals surface area contributed by atoms with Crippen LogP contribution in [0.5, 0.6) is 0 Å². The smallest absolute Gasteiger partial charge is 0.234 e. The summed E-state index contributed by atoms with van der Waals surface area (Å²) in [7, 11) is 0. The van der Waals surface area contributed by atoms with Gasteiger partial charge in [-0.25, -0.2) is 0 Å². The van der Waals surface area contributed by atoms with E-state index in [1.54, 1.807) is 0 Å². The predicted octanol–water partition coefficient (Wildman–Crippen LogP) is 2.96. The monoisotopic (exact) mass is 356 g/mol. The zero-order valence-electron chi connectivity index (χ0n) is 15.5. The van der Waals surface area contributed by atoms with Gasteiger partial charge in [-0.1, -0.05) is 50.2 Å². The van der Waals surface area contributed by atoms with Gasteiger partial charge in [-0.05, 0) is 41.2 Å². The number of benzene rings is 2. The standard InChI is InChI=1S/C21H28N2O3/c1-14(2)11-19(20(22)24)23-18-9-10-25-21(18)26-13-15-7-8-16-5-3-4-6-17(16)12-15/h3-8,12,14,18-19,21,23H,9-11,13H2,1-2H3,(H2,22,24)/t18-,19?,21?/m0/s1. The molecule has 0 radical (unpaired) electrons. The van der Waals surface area contributed by atoms with Crippen molar-refractivity contribution in [1.29, 1.82) is 0 Å². The number of carbonyl (C=O) groups is 1. The highest BCUT2D eigenvalue weighted by atomic mass is 16.7. The molecule has 5 nitrogen and oxygen atoms in total. The first-order valence-corrected chi connectivity index (χ1v) is 9.29. The molecule has 0 aliphatic carbocycles. The van der Waals surface area contributed by atoms with Crippen LogP contribution in [0.4, 0.5) is 0 Å². The van der Waals surface area contributed by atoms with Gasteiger partial charge in [-0.2, -0.15) is 0 Å². The van der Waals surface area contributed by atoms with Crippen molar-refractivity contribution in [2.75, 3.05) is 6.61 Å². The van der Waals surface area contributed by atoms with Crippen molar-refractivity contribution < 1.29 is 14.3 Å². The Morgan fingerprint density at radius 1 is 1.27 bits per heavy atom. The number of nitrogens with one attached hydrogen (secondary N) is 1. The second kappa shape index (κ2) is 8.62. The van der Waals surface area contributed by atoms with Crippen molar-refractivity contribution in [3.8, 4) is 0 Å². The summed E-state index contributed by atoms with van der Waals surface area (Å²) >= 11 is 0.